The number of hydrogen-bond acceptors (Lipinski definition) is 6. The Kier molecular flexibility index (Phi) is 7.28. The lowest BCUT2D eigenvalue weighted by atomic mass is 10.1. The molecule has 0 saturated carbocycles. The van der Waals surface area contributed by atoms with Crippen LogP contribution >= 0.6 is 0 Å². The number of carbonyl (C=O) groups is 1. The number of benzene rings is 1. The van der Waals surface area contributed by atoms with Crippen molar-refractivity contribution in [2.24, 2.45) is 0 Å². The number of pyridine rings is 1. The van der Waals surface area contributed by atoms with Gasteiger partial charge in [-0.15, -0.1) is 0 Å². The quantitative estimate of drug-likeness (QED) is 0.724. The molecule has 1 amide bonds. The van der Waals surface area contributed by atoms with Crippen molar-refractivity contribution in [2.75, 3.05) is 44.1 Å². The molecule has 0 saturated heterocycles. The highest BCUT2D eigenvalue weighted by Crippen LogP contribution is 2.39. The molecular weight excluding hydrogens is 346 g/mol. The Morgan fingerprint density at radius 2 is 1.59 bits per heavy atom. The molecule has 7 nitrogen and oxygen atoms in total. The highest BCUT2D eigenvalue weighted by atomic mass is 16.5. The van der Waals surface area contributed by atoms with Gasteiger partial charge >= 0.3 is 0 Å². The number of rotatable bonds is 9. The topological polar surface area (TPSA) is 72.9 Å². The third-order valence-electron chi connectivity index (χ3n) is 3.64. The van der Waals surface area contributed by atoms with Gasteiger partial charge in [0.05, 0.1) is 31.7 Å². The van der Waals surface area contributed by atoms with E-state index in [4.69, 9.17) is 14.2 Å². The van der Waals surface area contributed by atoms with Crippen LogP contribution in [0.25, 0.3) is 0 Å². The third-order valence-corrected chi connectivity index (χ3v) is 3.64. The molecule has 1 aromatic heterocycles. The first kappa shape index (κ1) is 20.4. The maximum Gasteiger partial charge on any atom is 0.255 e. The van der Waals surface area contributed by atoms with Crippen LogP contribution in [0.15, 0.2) is 30.5 Å². The lowest BCUT2D eigenvalue weighted by Crippen LogP contribution is -2.14. The molecule has 0 atom stereocenters. The molecule has 7 heteroatoms. The van der Waals surface area contributed by atoms with Crippen molar-refractivity contribution >= 4 is 17.4 Å². The van der Waals surface area contributed by atoms with E-state index in [1.807, 2.05) is 51.9 Å². The normalized spacial score (nSPS) is 10.3. The SMILES string of the molecule is CCOc1cc(C(=O)Nc2ccc(N(C)C)nc2)cc(OCC)c1OCC. The van der Waals surface area contributed by atoms with E-state index < -0.39 is 0 Å². The molecule has 0 radical (unpaired) electrons. The lowest BCUT2D eigenvalue weighted by molar-refractivity contribution is 0.102. The van der Waals surface area contributed by atoms with Crippen LogP contribution in [-0.4, -0.2) is 44.8 Å². The molecule has 0 aliphatic heterocycles. The minimum atomic E-state index is -0.278. The highest BCUT2D eigenvalue weighted by molar-refractivity contribution is 6.05. The van der Waals surface area contributed by atoms with Gasteiger partial charge in [0.1, 0.15) is 5.82 Å². The highest BCUT2D eigenvalue weighted by Gasteiger charge is 2.18. The summed E-state index contributed by atoms with van der Waals surface area (Å²) >= 11 is 0. The van der Waals surface area contributed by atoms with Gasteiger partial charge < -0.3 is 24.4 Å². The predicted octanol–water partition coefficient (Wildman–Crippen LogP) is 3.60. The van der Waals surface area contributed by atoms with Crippen molar-refractivity contribution in [3.8, 4) is 17.2 Å². The van der Waals surface area contributed by atoms with Gasteiger partial charge in [-0.25, -0.2) is 4.98 Å². The number of carbonyl (C=O) groups excluding carboxylic acids is 1. The van der Waals surface area contributed by atoms with Gasteiger partial charge in [-0.05, 0) is 45.0 Å². The largest absolute Gasteiger partial charge is 0.490 e. The van der Waals surface area contributed by atoms with Crippen molar-refractivity contribution in [3.05, 3.63) is 36.0 Å². The Hall–Kier alpha value is -2.96. The van der Waals surface area contributed by atoms with Crippen LogP contribution in [0, 0.1) is 0 Å². The fraction of sp³-hybridized carbons (Fsp3) is 0.400. The average Bonchev–Trinajstić information content (AvgIpc) is 2.65. The van der Waals surface area contributed by atoms with Crippen molar-refractivity contribution in [2.45, 2.75) is 20.8 Å². The minimum absolute atomic E-state index is 0.278. The molecule has 0 fully saturated rings. The van der Waals surface area contributed by atoms with Crippen LogP contribution in [0.4, 0.5) is 11.5 Å². The Morgan fingerprint density at radius 3 is 2.04 bits per heavy atom. The molecule has 0 aliphatic rings. The summed E-state index contributed by atoms with van der Waals surface area (Å²) in [4.78, 5) is 18.9. The number of amides is 1. The van der Waals surface area contributed by atoms with Crippen molar-refractivity contribution in [1.29, 1.82) is 0 Å². The van der Waals surface area contributed by atoms with Crippen molar-refractivity contribution < 1.29 is 19.0 Å². The minimum Gasteiger partial charge on any atom is -0.490 e. The maximum atomic E-state index is 12.7. The molecule has 2 rings (SSSR count). The van der Waals surface area contributed by atoms with Crippen LogP contribution in [0.2, 0.25) is 0 Å². The van der Waals surface area contributed by atoms with E-state index >= 15 is 0 Å². The van der Waals surface area contributed by atoms with Crippen molar-refractivity contribution in [1.82, 2.24) is 4.98 Å². The third kappa shape index (κ3) is 5.26. The Bertz CT molecular complexity index is 733. The van der Waals surface area contributed by atoms with Gasteiger partial charge in [0, 0.05) is 19.7 Å². The van der Waals surface area contributed by atoms with Gasteiger partial charge in [-0.3, -0.25) is 4.79 Å². The molecule has 0 spiro atoms. The summed E-state index contributed by atoms with van der Waals surface area (Å²) in [6.07, 6.45) is 1.62. The molecule has 1 aromatic carbocycles. The summed E-state index contributed by atoms with van der Waals surface area (Å²) in [7, 11) is 3.82. The number of anilines is 2. The van der Waals surface area contributed by atoms with E-state index in [0.717, 1.165) is 5.82 Å². The van der Waals surface area contributed by atoms with Crippen LogP contribution in [0.3, 0.4) is 0 Å². The fourth-order valence-electron chi connectivity index (χ4n) is 2.45. The summed E-state index contributed by atoms with van der Waals surface area (Å²) in [5.74, 6) is 2.01. The van der Waals surface area contributed by atoms with E-state index in [1.54, 1.807) is 18.3 Å². The monoisotopic (exact) mass is 373 g/mol. The summed E-state index contributed by atoms with van der Waals surface area (Å²) < 4.78 is 17.0. The zero-order valence-corrected chi connectivity index (χ0v) is 16.5. The van der Waals surface area contributed by atoms with Crippen LogP contribution in [-0.2, 0) is 0 Å². The maximum absolute atomic E-state index is 12.7. The second kappa shape index (κ2) is 9.66. The van der Waals surface area contributed by atoms with Crippen LogP contribution < -0.4 is 24.4 Å². The van der Waals surface area contributed by atoms with Gasteiger partial charge in [-0.2, -0.15) is 0 Å². The molecule has 146 valence electrons. The fourth-order valence-corrected chi connectivity index (χ4v) is 2.45. The Balaban J connectivity index is 2.30. The van der Waals surface area contributed by atoms with Crippen LogP contribution in [0.5, 0.6) is 17.2 Å². The molecule has 0 unspecified atom stereocenters. The van der Waals surface area contributed by atoms with Gasteiger partial charge in [0.2, 0.25) is 5.75 Å². The zero-order chi connectivity index (χ0) is 19.8. The number of ether oxygens (including phenoxy) is 3. The molecular formula is C20H27N3O4. The first-order valence-corrected chi connectivity index (χ1v) is 9.01. The number of nitrogens with one attached hydrogen (secondary N) is 1. The van der Waals surface area contributed by atoms with E-state index in [9.17, 15) is 4.79 Å². The first-order valence-electron chi connectivity index (χ1n) is 9.01. The number of nitrogens with zero attached hydrogens (tertiary/aromatic N) is 2. The smallest absolute Gasteiger partial charge is 0.255 e. The van der Waals surface area contributed by atoms with Gasteiger partial charge in [0.25, 0.3) is 5.91 Å². The molecule has 1 heterocycles. The Labute approximate surface area is 160 Å². The molecule has 27 heavy (non-hydrogen) atoms. The first-order chi connectivity index (χ1) is 13.0. The van der Waals surface area contributed by atoms with Crippen LogP contribution in [0.1, 0.15) is 31.1 Å². The lowest BCUT2D eigenvalue weighted by Gasteiger charge is -2.17. The van der Waals surface area contributed by atoms with Gasteiger partial charge in [-0.1, -0.05) is 0 Å². The number of hydrogen-bond donors (Lipinski definition) is 1. The van der Waals surface area contributed by atoms with E-state index in [0.29, 0.717) is 48.3 Å². The predicted molar refractivity (Wildman–Crippen MR) is 106 cm³/mol. The van der Waals surface area contributed by atoms with Gasteiger partial charge in [0.15, 0.2) is 11.5 Å². The molecule has 0 aliphatic carbocycles. The summed E-state index contributed by atoms with van der Waals surface area (Å²) in [6, 6.07) is 6.97. The van der Waals surface area contributed by atoms with E-state index in [2.05, 4.69) is 10.3 Å². The zero-order valence-electron chi connectivity index (χ0n) is 16.5. The Morgan fingerprint density at radius 1 is 1.00 bits per heavy atom. The molecule has 2 aromatic rings. The second-order valence-electron chi connectivity index (χ2n) is 5.85. The molecule has 0 bridgehead atoms. The second-order valence-corrected chi connectivity index (χ2v) is 5.85. The number of aromatic nitrogens is 1. The average molecular weight is 373 g/mol. The van der Waals surface area contributed by atoms with Crippen molar-refractivity contribution in [3.63, 3.8) is 0 Å². The summed E-state index contributed by atoms with van der Waals surface area (Å²) in [5, 5.41) is 2.84. The summed E-state index contributed by atoms with van der Waals surface area (Å²) in [6.45, 7) is 7.01. The molecule has 1 N–H and O–H groups in total. The summed E-state index contributed by atoms with van der Waals surface area (Å²) in [5.41, 5.74) is 1.03. The standard InChI is InChI=1S/C20H27N3O4/c1-6-25-16-11-14(12-17(26-7-2)19(16)27-8-3)20(24)22-15-9-10-18(21-13-15)23(4)5/h9-13H,6-8H2,1-5H3,(H,22,24). The van der Waals surface area contributed by atoms with E-state index in [1.165, 1.54) is 0 Å². The van der Waals surface area contributed by atoms with E-state index in [-0.39, 0.29) is 5.91 Å².